The van der Waals surface area contributed by atoms with Gasteiger partial charge in [0.1, 0.15) is 22.3 Å². The standard InChI is InChI=1S/C34H20N2O.2C34H20N2S.C30H18N2O/c1-2-9-22(10-3-1)32-28-17-16-21-8-4-5-11-26(21)33(28)36-34(35-32)24-15-14-23-20-31-29(19-25(23)18-24)27-12-6-7-13-30(27)37-31;1-2-9-22(10-3-1)33-32-26-11-5-4-8-21(26)16-17-29(32)35-34(36-33)24-15-14-23-20-31-28(19-25(23)18-24)27-12-6-7-13-30(27)37-31;1-2-9-22(10-3-1)32-28-17-16-21-8-4-5-11-26(21)33(28)36-34(35-32)24-15-14-23-20-31-29(19-25(23)18-24)27-12-6-7-13-30(27)37-31;1-2-8-19(9-3-1)29-24-11-4-6-12-26(24)31-30(32-29)21-15-14-20-18-28-25(17-22(20)16-21)23-10-5-7-13-27(23)33-28/h3*1-20H;1-18H. The fraction of sp³-hybridized carbons (Fsp3) is 0. The van der Waals surface area contributed by atoms with Gasteiger partial charge in [-0.25, -0.2) is 39.9 Å². The maximum Gasteiger partial charge on any atom is 0.160 e. The summed E-state index contributed by atoms with van der Waals surface area (Å²) in [5.74, 6) is 2.95. The topological polar surface area (TPSA) is 129 Å². The van der Waals surface area contributed by atoms with Crippen LogP contribution in [-0.4, -0.2) is 39.9 Å². The number of rotatable bonds is 8. The Balaban J connectivity index is 0.0000000935. The first-order chi connectivity index (χ1) is 71.3. The van der Waals surface area contributed by atoms with Crippen molar-refractivity contribution in [2.45, 2.75) is 0 Å². The molecule has 0 N–H and O–H groups in total. The van der Waals surface area contributed by atoms with Crippen LogP contribution in [-0.2, 0) is 0 Å². The van der Waals surface area contributed by atoms with E-state index in [4.69, 9.17) is 48.7 Å². The highest BCUT2D eigenvalue weighted by Gasteiger charge is 2.23. The molecule has 10 nitrogen and oxygen atoms in total. The number of aromatic nitrogens is 8. The first-order valence-corrected chi connectivity index (χ1v) is 49.9. The van der Waals surface area contributed by atoms with Gasteiger partial charge in [0.25, 0.3) is 0 Å². The summed E-state index contributed by atoms with van der Waals surface area (Å²) in [6, 6.07) is 166. The quantitative estimate of drug-likeness (QED) is 0.136. The van der Waals surface area contributed by atoms with Gasteiger partial charge in [0.15, 0.2) is 23.3 Å². The van der Waals surface area contributed by atoms with Crippen molar-refractivity contribution in [3.05, 3.63) is 473 Å². The third-order valence-electron chi connectivity index (χ3n) is 27.9. The van der Waals surface area contributed by atoms with Crippen LogP contribution in [0.4, 0.5) is 0 Å². The molecule has 0 saturated carbocycles. The number of benzene rings is 23. The fourth-order valence-electron chi connectivity index (χ4n) is 20.9. The minimum absolute atomic E-state index is 0.724. The Morgan fingerprint density at radius 2 is 0.458 bits per heavy atom. The summed E-state index contributed by atoms with van der Waals surface area (Å²) in [5, 5.41) is 30.5. The van der Waals surface area contributed by atoms with Gasteiger partial charge in [0.2, 0.25) is 0 Å². The number of hydrogen-bond acceptors (Lipinski definition) is 12. The number of hydrogen-bond donors (Lipinski definition) is 0. The minimum Gasteiger partial charge on any atom is -0.456 e. The summed E-state index contributed by atoms with van der Waals surface area (Å²) in [6.07, 6.45) is 0. The first-order valence-electron chi connectivity index (χ1n) is 48.3. The number of fused-ring (bicyclic) bond motifs is 26. The van der Waals surface area contributed by atoms with Crippen molar-refractivity contribution in [1.82, 2.24) is 39.9 Å². The Morgan fingerprint density at radius 1 is 0.146 bits per heavy atom. The van der Waals surface area contributed by atoms with Gasteiger partial charge in [0.05, 0.1) is 44.8 Å². The predicted molar refractivity (Wildman–Crippen MR) is 605 cm³/mol. The third-order valence-corrected chi connectivity index (χ3v) is 30.2. The second-order valence-electron chi connectivity index (χ2n) is 36.6. The zero-order chi connectivity index (χ0) is 94.8. The molecule has 0 amide bonds. The molecule has 0 spiro atoms. The van der Waals surface area contributed by atoms with E-state index in [1.807, 2.05) is 102 Å². The molecule has 0 fully saturated rings. The molecule has 31 aromatic rings. The van der Waals surface area contributed by atoms with E-state index in [-0.39, 0.29) is 0 Å². The van der Waals surface area contributed by atoms with Gasteiger partial charge in [0, 0.05) is 139 Å². The third kappa shape index (κ3) is 14.9. The molecule has 670 valence electrons. The molecule has 0 aliphatic rings. The molecule has 23 aromatic carbocycles. The summed E-state index contributed by atoms with van der Waals surface area (Å²) < 4.78 is 17.5. The molecular formula is C132H78N8O2S2. The van der Waals surface area contributed by atoms with Crippen molar-refractivity contribution in [3.8, 4) is 90.6 Å². The molecule has 0 saturated heterocycles. The van der Waals surface area contributed by atoms with Crippen molar-refractivity contribution in [1.29, 1.82) is 0 Å². The highest BCUT2D eigenvalue weighted by atomic mass is 32.1. The van der Waals surface area contributed by atoms with E-state index in [0.717, 1.165) is 210 Å². The molecule has 0 aliphatic carbocycles. The van der Waals surface area contributed by atoms with Crippen LogP contribution in [0.1, 0.15) is 0 Å². The number of furan rings is 2. The van der Waals surface area contributed by atoms with Gasteiger partial charge in [-0.05, 0) is 186 Å². The van der Waals surface area contributed by atoms with Crippen LogP contribution < -0.4 is 0 Å². The molecule has 31 rings (SSSR count). The highest BCUT2D eigenvalue weighted by Crippen LogP contribution is 2.46. The second-order valence-corrected chi connectivity index (χ2v) is 38.8. The average Bonchev–Trinajstić information content (AvgIpc) is 1.62. The van der Waals surface area contributed by atoms with E-state index in [1.165, 1.54) is 83.4 Å². The fourth-order valence-corrected chi connectivity index (χ4v) is 23.2. The van der Waals surface area contributed by atoms with Gasteiger partial charge in [-0.1, -0.05) is 352 Å². The molecular weight excluding hydrogens is 1790 g/mol. The molecule has 0 bridgehead atoms. The molecule has 0 unspecified atom stereocenters. The SMILES string of the molecule is c1ccc(-c2nc(-c3ccc4cc5oc6ccccc6c5cc4c3)nc3c2ccc2ccccc23)cc1.c1ccc(-c2nc(-c3ccc4cc5oc6ccccc6c5cc4c3)nc3ccccc23)cc1.c1ccc(-c2nc(-c3ccc4cc5sc6ccccc6c5cc4c3)nc3c2ccc2ccccc23)cc1.c1ccc(-c2nc(-c3ccc4cc5sc6ccccc6c5cc4c3)nc3ccc4ccccc4c23)cc1. The molecule has 0 atom stereocenters. The molecule has 8 aromatic heterocycles. The molecule has 0 aliphatic heterocycles. The van der Waals surface area contributed by atoms with Crippen LogP contribution >= 0.6 is 22.7 Å². The summed E-state index contributed by atoms with van der Waals surface area (Å²) in [6.45, 7) is 0. The maximum atomic E-state index is 6.10. The first kappa shape index (κ1) is 83.4. The monoisotopic (exact) mass is 1870 g/mol. The summed E-state index contributed by atoms with van der Waals surface area (Å²) in [5.41, 5.74) is 19.7. The number of nitrogens with zero attached hydrogens (tertiary/aromatic N) is 8. The van der Waals surface area contributed by atoms with Gasteiger partial charge in [-0.15, -0.1) is 22.7 Å². The molecule has 8 heterocycles. The van der Waals surface area contributed by atoms with Crippen LogP contribution in [0.2, 0.25) is 0 Å². The number of para-hydroxylation sites is 3. The Bertz CT molecular complexity index is 10300. The lowest BCUT2D eigenvalue weighted by atomic mass is 9.99. The maximum absolute atomic E-state index is 6.10. The summed E-state index contributed by atoms with van der Waals surface area (Å²) in [7, 11) is 0. The van der Waals surface area contributed by atoms with Crippen molar-refractivity contribution >= 4 is 226 Å². The summed E-state index contributed by atoms with van der Waals surface area (Å²) >= 11 is 3.71. The van der Waals surface area contributed by atoms with Gasteiger partial charge >= 0.3 is 0 Å². The zero-order valence-electron chi connectivity index (χ0n) is 77.2. The van der Waals surface area contributed by atoms with Crippen LogP contribution in [0.25, 0.3) is 294 Å². The lowest BCUT2D eigenvalue weighted by molar-refractivity contribution is 0.669. The molecule has 144 heavy (non-hydrogen) atoms. The van der Waals surface area contributed by atoms with E-state index in [0.29, 0.717) is 0 Å². The van der Waals surface area contributed by atoms with E-state index < -0.39 is 0 Å². The average molecular weight is 1870 g/mol. The minimum atomic E-state index is 0.724. The van der Waals surface area contributed by atoms with E-state index in [2.05, 4.69) is 394 Å². The Hall–Kier alpha value is -18.7. The Labute approximate surface area is 832 Å². The van der Waals surface area contributed by atoms with Crippen molar-refractivity contribution in [2.24, 2.45) is 0 Å². The van der Waals surface area contributed by atoms with Crippen LogP contribution in [0, 0.1) is 0 Å². The van der Waals surface area contributed by atoms with Gasteiger partial charge in [-0.3, -0.25) is 0 Å². The lowest BCUT2D eigenvalue weighted by Gasteiger charge is -2.12. The predicted octanol–water partition coefficient (Wildman–Crippen LogP) is 36.5. The van der Waals surface area contributed by atoms with E-state index >= 15 is 0 Å². The Kier molecular flexibility index (Phi) is 20.1. The Morgan fingerprint density at radius 3 is 0.903 bits per heavy atom. The van der Waals surface area contributed by atoms with Crippen molar-refractivity contribution in [2.75, 3.05) is 0 Å². The van der Waals surface area contributed by atoms with Gasteiger partial charge in [-0.2, -0.15) is 0 Å². The number of thiophene rings is 2. The highest BCUT2D eigenvalue weighted by molar-refractivity contribution is 7.26. The largest absolute Gasteiger partial charge is 0.456 e. The van der Waals surface area contributed by atoms with Crippen LogP contribution in [0.15, 0.2) is 482 Å². The normalized spacial score (nSPS) is 11.8. The zero-order valence-corrected chi connectivity index (χ0v) is 78.9. The van der Waals surface area contributed by atoms with Crippen LogP contribution in [0.5, 0.6) is 0 Å². The summed E-state index contributed by atoms with van der Waals surface area (Å²) in [4.78, 5) is 40.8. The van der Waals surface area contributed by atoms with E-state index in [9.17, 15) is 0 Å². The van der Waals surface area contributed by atoms with E-state index in [1.54, 1.807) is 0 Å². The second kappa shape index (κ2) is 34.7. The van der Waals surface area contributed by atoms with Gasteiger partial charge < -0.3 is 8.83 Å². The van der Waals surface area contributed by atoms with Crippen molar-refractivity contribution < 1.29 is 8.83 Å². The van der Waals surface area contributed by atoms with Crippen LogP contribution in [0.3, 0.4) is 0 Å². The molecule has 12 heteroatoms. The lowest BCUT2D eigenvalue weighted by Crippen LogP contribution is -1.96. The smallest absolute Gasteiger partial charge is 0.160 e. The molecule has 0 radical (unpaired) electrons. The van der Waals surface area contributed by atoms with Crippen molar-refractivity contribution in [3.63, 3.8) is 0 Å².